The van der Waals surface area contributed by atoms with Gasteiger partial charge >= 0.3 is 0 Å². The minimum Gasteiger partial charge on any atom is -0.394 e. The fourth-order valence-corrected chi connectivity index (χ4v) is 0.772. The zero-order valence-corrected chi connectivity index (χ0v) is 9.02. The van der Waals surface area contributed by atoms with E-state index in [9.17, 15) is 4.79 Å². The quantitative estimate of drug-likeness (QED) is 0.569. The Kier molecular flexibility index (Phi) is 7.37. The average Bonchev–Trinajstić information content (AvgIpc) is 2.21. The topological polar surface area (TPSA) is 59.0 Å². The molecule has 0 aliphatic carbocycles. The van der Waals surface area contributed by atoms with Crippen LogP contribution in [0.3, 0.4) is 0 Å². The summed E-state index contributed by atoms with van der Waals surface area (Å²) in [4.78, 5) is 12.8. The first-order valence-electron chi connectivity index (χ1n) is 4.56. The van der Waals surface area contributed by atoms with Gasteiger partial charge < -0.3 is 19.5 Å². The number of hydrogen-bond acceptors (Lipinski definition) is 4. The van der Waals surface area contributed by atoms with E-state index in [1.54, 1.807) is 21.1 Å². The van der Waals surface area contributed by atoms with Gasteiger partial charge in [-0.3, -0.25) is 4.79 Å². The van der Waals surface area contributed by atoms with Crippen LogP contribution in [0.25, 0.3) is 0 Å². The molecule has 0 aromatic carbocycles. The molecule has 14 heavy (non-hydrogen) atoms. The van der Waals surface area contributed by atoms with Crippen LogP contribution in [0.2, 0.25) is 0 Å². The third kappa shape index (κ3) is 5.16. The number of hydrogen-bond donors (Lipinski definition) is 1. The van der Waals surface area contributed by atoms with Crippen molar-refractivity contribution in [3.05, 3.63) is 0 Å². The van der Waals surface area contributed by atoms with E-state index in [1.807, 2.05) is 0 Å². The summed E-state index contributed by atoms with van der Waals surface area (Å²) in [7, 11) is 3.22. The van der Waals surface area contributed by atoms with E-state index in [-0.39, 0.29) is 25.2 Å². The second-order valence-corrected chi connectivity index (χ2v) is 3.08. The predicted octanol–water partition coefficient (Wildman–Crippen LogP) is -0.511. The molecule has 0 saturated carbocycles. The molecule has 0 fully saturated rings. The number of ether oxygens (including phenoxy) is 2. The van der Waals surface area contributed by atoms with Crippen molar-refractivity contribution >= 4 is 5.91 Å². The van der Waals surface area contributed by atoms with Crippen LogP contribution in [0.1, 0.15) is 6.92 Å². The summed E-state index contributed by atoms with van der Waals surface area (Å²) in [5.41, 5.74) is 0. The molecule has 1 amide bonds. The van der Waals surface area contributed by atoms with Gasteiger partial charge in [-0.15, -0.1) is 0 Å². The highest BCUT2D eigenvalue weighted by atomic mass is 16.5. The van der Waals surface area contributed by atoms with Crippen molar-refractivity contribution in [1.82, 2.24) is 4.90 Å². The highest BCUT2D eigenvalue weighted by molar-refractivity contribution is 5.77. The highest BCUT2D eigenvalue weighted by Gasteiger charge is 2.14. The monoisotopic (exact) mass is 205 g/mol. The van der Waals surface area contributed by atoms with E-state index < -0.39 is 0 Å². The Balaban J connectivity index is 3.62. The minimum absolute atomic E-state index is 0.0319. The number of methoxy groups -OCH3 is 1. The van der Waals surface area contributed by atoms with Crippen molar-refractivity contribution < 1.29 is 19.4 Å². The van der Waals surface area contributed by atoms with E-state index in [0.717, 1.165) is 0 Å². The molecule has 0 rings (SSSR count). The van der Waals surface area contributed by atoms with Crippen LogP contribution in [-0.2, 0) is 14.3 Å². The minimum atomic E-state index is -0.173. The first kappa shape index (κ1) is 13.4. The van der Waals surface area contributed by atoms with Gasteiger partial charge in [0.25, 0.3) is 0 Å². The summed E-state index contributed by atoms with van der Waals surface area (Å²) in [6.45, 7) is 2.65. The number of amides is 1. The number of carbonyl (C=O) groups is 1. The maximum atomic E-state index is 11.4. The fourth-order valence-electron chi connectivity index (χ4n) is 0.772. The zero-order chi connectivity index (χ0) is 11.0. The van der Waals surface area contributed by atoms with Crippen LogP contribution in [0.15, 0.2) is 0 Å². The number of nitrogens with zero attached hydrogens (tertiary/aromatic N) is 1. The van der Waals surface area contributed by atoms with Gasteiger partial charge in [-0.1, -0.05) is 0 Å². The molecule has 84 valence electrons. The molecule has 5 nitrogen and oxygen atoms in total. The van der Waals surface area contributed by atoms with Gasteiger partial charge in [0, 0.05) is 14.2 Å². The van der Waals surface area contributed by atoms with E-state index >= 15 is 0 Å². The molecule has 1 N–H and O–H groups in total. The lowest BCUT2D eigenvalue weighted by atomic mass is 10.3. The summed E-state index contributed by atoms with van der Waals surface area (Å²) in [6, 6.07) is -0.173. The first-order valence-corrected chi connectivity index (χ1v) is 4.56. The average molecular weight is 205 g/mol. The Hall–Kier alpha value is -0.650. The molecule has 0 spiro atoms. The van der Waals surface area contributed by atoms with Crippen LogP contribution in [0, 0.1) is 0 Å². The normalized spacial score (nSPS) is 12.6. The van der Waals surface area contributed by atoms with E-state index in [4.69, 9.17) is 14.6 Å². The lowest BCUT2D eigenvalue weighted by Crippen LogP contribution is -2.39. The molecule has 0 heterocycles. The van der Waals surface area contributed by atoms with Gasteiger partial charge in [-0.25, -0.2) is 0 Å². The summed E-state index contributed by atoms with van der Waals surface area (Å²) in [5.74, 6) is -0.136. The van der Waals surface area contributed by atoms with Crippen molar-refractivity contribution in [3.63, 3.8) is 0 Å². The lowest BCUT2D eigenvalue weighted by molar-refractivity contribution is -0.137. The van der Waals surface area contributed by atoms with Gasteiger partial charge in [0.2, 0.25) is 5.91 Å². The summed E-state index contributed by atoms with van der Waals surface area (Å²) in [5, 5.41) is 8.81. The second-order valence-electron chi connectivity index (χ2n) is 3.08. The first-order chi connectivity index (χ1) is 6.63. The lowest BCUT2D eigenvalue weighted by Gasteiger charge is -2.22. The van der Waals surface area contributed by atoms with Crippen LogP contribution < -0.4 is 0 Å². The smallest absolute Gasteiger partial charge is 0.248 e. The molecule has 0 bridgehead atoms. The molecule has 1 unspecified atom stereocenters. The Morgan fingerprint density at radius 3 is 2.64 bits per heavy atom. The number of aliphatic hydroxyl groups excluding tert-OH is 1. The number of rotatable bonds is 7. The van der Waals surface area contributed by atoms with Gasteiger partial charge in [-0.05, 0) is 6.92 Å². The summed E-state index contributed by atoms with van der Waals surface area (Å²) in [6.07, 6.45) is 0. The molecule has 0 radical (unpaired) electrons. The summed E-state index contributed by atoms with van der Waals surface area (Å²) < 4.78 is 9.82. The largest absolute Gasteiger partial charge is 0.394 e. The second kappa shape index (κ2) is 7.73. The van der Waals surface area contributed by atoms with Crippen molar-refractivity contribution in [2.45, 2.75) is 13.0 Å². The van der Waals surface area contributed by atoms with Gasteiger partial charge in [0.1, 0.15) is 6.61 Å². The number of aliphatic hydroxyl groups is 1. The van der Waals surface area contributed by atoms with Gasteiger partial charge in [-0.2, -0.15) is 0 Å². The predicted molar refractivity (Wildman–Crippen MR) is 52.0 cm³/mol. The molecule has 0 saturated heterocycles. The van der Waals surface area contributed by atoms with E-state index in [1.165, 1.54) is 4.90 Å². The Morgan fingerprint density at radius 1 is 1.50 bits per heavy atom. The highest BCUT2D eigenvalue weighted by Crippen LogP contribution is 1.95. The zero-order valence-electron chi connectivity index (χ0n) is 9.02. The van der Waals surface area contributed by atoms with Crippen LogP contribution in [0.4, 0.5) is 0 Å². The van der Waals surface area contributed by atoms with Crippen LogP contribution in [-0.4, -0.2) is 62.5 Å². The molecular formula is C9H19NO4. The van der Waals surface area contributed by atoms with E-state index in [0.29, 0.717) is 13.2 Å². The Labute approximate surface area is 84.6 Å². The number of likely N-dealkylation sites (N-methyl/N-ethyl adjacent to an activating group) is 1. The molecule has 0 aromatic rings. The molecule has 5 heteroatoms. The molecule has 0 aliphatic heterocycles. The Morgan fingerprint density at radius 2 is 2.14 bits per heavy atom. The SMILES string of the molecule is COCCOCC(=O)N(C)C(C)CO. The standard InChI is InChI=1S/C9H19NO4/c1-8(6-11)10(2)9(12)7-14-5-4-13-3/h8,11H,4-7H2,1-3H3. The van der Waals surface area contributed by atoms with Crippen LogP contribution in [0.5, 0.6) is 0 Å². The third-order valence-electron chi connectivity index (χ3n) is 1.98. The van der Waals surface area contributed by atoms with Crippen molar-refractivity contribution in [2.75, 3.05) is 40.6 Å². The third-order valence-corrected chi connectivity index (χ3v) is 1.98. The molecule has 1 atom stereocenters. The van der Waals surface area contributed by atoms with Crippen molar-refractivity contribution in [3.8, 4) is 0 Å². The molecule has 0 aromatic heterocycles. The summed E-state index contributed by atoms with van der Waals surface area (Å²) >= 11 is 0. The van der Waals surface area contributed by atoms with Gasteiger partial charge in [0.05, 0.1) is 25.9 Å². The van der Waals surface area contributed by atoms with Gasteiger partial charge in [0.15, 0.2) is 0 Å². The van der Waals surface area contributed by atoms with E-state index in [2.05, 4.69) is 0 Å². The maximum absolute atomic E-state index is 11.4. The number of carbonyl (C=O) groups excluding carboxylic acids is 1. The molecule has 0 aliphatic rings. The van der Waals surface area contributed by atoms with Crippen molar-refractivity contribution in [2.24, 2.45) is 0 Å². The van der Waals surface area contributed by atoms with Crippen LogP contribution >= 0.6 is 0 Å². The van der Waals surface area contributed by atoms with Crippen molar-refractivity contribution in [1.29, 1.82) is 0 Å². The maximum Gasteiger partial charge on any atom is 0.248 e. The Bertz CT molecular complexity index is 163. The fraction of sp³-hybridized carbons (Fsp3) is 0.889. The molecular weight excluding hydrogens is 186 g/mol.